The van der Waals surface area contributed by atoms with Crippen LogP contribution in [0.15, 0.2) is 24.4 Å². The second-order valence-electron chi connectivity index (χ2n) is 6.80. The Balaban J connectivity index is 1.45. The van der Waals surface area contributed by atoms with Crippen LogP contribution in [0, 0.1) is 11.3 Å². The van der Waals surface area contributed by atoms with E-state index in [4.69, 9.17) is 4.74 Å². The third-order valence-electron chi connectivity index (χ3n) is 4.87. The van der Waals surface area contributed by atoms with E-state index in [0.717, 1.165) is 49.2 Å². The van der Waals surface area contributed by atoms with Gasteiger partial charge in [0.15, 0.2) is 0 Å². The van der Waals surface area contributed by atoms with E-state index < -0.39 is 11.9 Å². The zero-order valence-corrected chi connectivity index (χ0v) is 14.5. The van der Waals surface area contributed by atoms with Gasteiger partial charge in [0.05, 0.1) is 18.7 Å². The number of nitrogens with zero attached hydrogens (tertiary/aromatic N) is 4. The Morgan fingerprint density at radius 3 is 2.70 bits per heavy atom. The molecule has 5 nitrogen and oxygen atoms in total. The number of rotatable bonds is 3. The molecule has 8 heteroatoms. The molecule has 27 heavy (non-hydrogen) atoms. The number of aromatic nitrogens is 2. The van der Waals surface area contributed by atoms with Gasteiger partial charge in [-0.25, -0.2) is 4.98 Å². The number of fused-ring (bicyclic) bond motifs is 1. The van der Waals surface area contributed by atoms with Gasteiger partial charge in [0.2, 0.25) is 0 Å². The molecular weight excluding hydrogens is 357 g/mol. The average molecular weight is 374 g/mol. The van der Waals surface area contributed by atoms with Crippen LogP contribution in [0.4, 0.5) is 19.0 Å². The first kappa shape index (κ1) is 17.6. The van der Waals surface area contributed by atoms with Crippen LogP contribution in [0.1, 0.15) is 35.4 Å². The minimum atomic E-state index is -4.50. The summed E-state index contributed by atoms with van der Waals surface area (Å²) < 4.78 is 43.9. The van der Waals surface area contributed by atoms with Crippen LogP contribution >= 0.6 is 0 Å². The maximum atomic E-state index is 12.7. The number of ether oxygens (including phenoxy) is 1. The van der Waals surface area contributed by atoms with Crippen LogP contribution in [0.5, 0.6) is 5.75 Å². The lowest BCUT2D eigenvalue weighted by molar-refractivity contribution is -0.141. The van der Waals surface area contributed by atoms with Gasteiger partial charge in [0.1, 0.15) is 29.4 Å². The summed E-state index contributed by atoms with van der Waals surface area (Å²) in [6, 6.07) is 6.44. The third kappa shape index (κ3) is 3.54. The molecule has 2 aliphatic rings. The first-order valence-corrected chi connectivity index (χ1v) is 8.82. The number of nitriles is 1. The maximum absolute atomic E-state index is 12.7. The van der Waals surface area contributed by atoms with Crippen molar-refractivity contribution >= 4 is 5.82 Å². The molecule has 0 bridgehead atoms. The monoisotopic (exact) mass is 374 g/mol. The highest BCUT2D eigenvalue weighted by atomic mass is 19.4. The van der Waals surface area contributed by atoms with E-state index >= 15 is 0 Å². The SMILES string of the molecule is N#Cc1cc2c(nc1N1CC(Oc3ccnc(C(F)(F)F)c3)C1)CCCC2. The van der Waals surface area contributed by atoms with E-state index in [1.165, 1.54) is 6.07 Å². The molecule has 1 fully saturated rings. The van der Waals surface area contributed by atoms with E-state index in [9.17, 15) is 18.4 Å². The smallest absolute Gasteiger partial charge is 0.433 e. The Hall–Kier alpha value is -2.82. The lowest BCUT2D eigenvalue weighted by atomic mass is 9.94. The second kappa shape index (κ2) is 6.72. The van der Waals surface area contributed by atoms with Crippen molar-refractivity contribution < 1.29 is 17.9 Å². The molecule has 3 heterocycles. The molecule has 1 saturated heterocycles. The molecule has 0 unspecified atom stereocenters. The van der Waals surface area contributed by atoms with Gasteiger partial charge in [-0.15, -0.1) is 0 Å². The fraction of sp³-hybridized carbons (Fsp3) is 0.421. The van der Waals surface area contributed by atoms with Crippen molar-refractivity contribution in [2.45, 2.75) is 38.0 Å². The molecular formula is C19H17F3N4O. The number of halogens is 3. The summed E-state index contributed by atoms with van der Waals surface area (Å²) >= 11 is 0. The maximum Gasteiger partial charge on any atom is 0.433 e. The van der Waals surface area contributed by atoms with Crippen molar-refractivity contribution in [2.75, 3.05) is 18.0 Å². The molecule has 0 spiro atoms. The largest absolute Gasteiger partial charge is 0.487 e. The normalized spacial score (nSPS) is 17.0. The molecule has 0 aromatic carbocycles. The summed E-state index contributed by atoms with van der Waals surface area (Å²) in [4.78, 5) is 9.94. The molecule has 2 aromatic rings. The van der Waals surface area contributed by atoms with Crippen LogP contribution in [-0.4, -0.2) is 29.2 Å². The standard InChI is InChI=1S/C19H17F3N4O/c20-19(21,22)17-8-14(5-6-24-17)27-15-10-26(11-15)18-13(9-23)7-12-3-1-2-4-16(12)25-18/h5-8,15H,1-4,10-11H2. The number of hydrogen-bond acceptors (Lipinski definition) is 5. The Morgan fingerprint density at radius 1 is 1.19 bits per heavy atom. The minimum Gasteiger partial charge on any atom is -0.487 e. The van der Waals surface area contributed by atoms with Crippen LogP contribution in [0.25, 0.3) is 0 Å². The first-order chi connectivity index (χ1) is 12.9. The van der Waals surface area contributed by atoms with Crippen molar-refractivity contribution in [1.29, 1.82) is 5.26 Å². The van der Waals surface area contributed by atoms with Gasteiger partial charge < -0.3 is 9.64 Å². The molecule has 1 aliphatic heterocycles. The second-order valence-corrected chi connectivity index (χ2v) is 6.80. The Morgan fingerprint density at radius 2 is 1.96 bits per heavy atom. The van der Waals surface area contributed by atoms with Gasteiger partial charge in [-0.1, -0.05) is 0 Å². The van der Waals surface area contributed by atoms with Crippen LogP contribution < -0.4 is 9.64 Å². The Labute approximate surface area is 154 Å². The quantitative estimate of drug-likeness (QED) is 0.823. The van der Waals surface area contributed by atoms with Crippen molar-refractivity contribution in [3.05, 3.63) is 46.9 Å². The summed E-state index contributed by atoms with van der Waals surface area (Å²) in [6.07, 6.45) is 0.419. The van der Waals surface area contributed by atoms with E-state index in [2.05, 4.69) is 16.0 Å². The summed E-state index contributed by atoms with van der Waals surface area (Å²) in [5, 5.41) is 9.43. The molecule has 0 atom stereocenters. The summed E-state index contributed by atoms with van der Waals surface area (Å²) in [7, 11) is 0. The predicted molar refractivity (Wildman–Crippen MR) is 91.5 cm³/mol. The summed E-state index contributed by atoms with van der Waals surface area (Å²) in [5.74, 6) is 0.782. The van der Waals surface area contributed by atoms with Gasteiger partial charge in [-0.3, -0.25) is 4.98 Å². The highest BCUT2D eigenvalue weighted by Crippen LogP contribution is 2.32. The lowest BCUT2D eigenvalue weighted by Gasteiger charge is -2.40. The van der Waals surface area contributed by atoms with E-state index in [1.54, 1.807) is 0 Å². The predicted octanol–water partition coefficient (Wildman–Crippen LogP) is 3.51. The van der Waals surface area contributed by atoms with Crippen molar-refractivity contribution in [1.82, 2.24) is 9.97 Å². The van der Waals surface area contributed by atoms with Crippen molar-refractivity contribution in [3.8, 4) is 11.8 Å². The molecule has 0 saturated carbocycles. The Kier molecular flexibility index (Phi) is 4.38. The first-order valence-electron chi connectivity index (χ1n) is 8.82. The van der Waals surface area contributed by atoms with Gasteiger partial charge in [-0.2, -0.15) is 18.4 Å². The van der Waals surface area contributed by atoms with E-state index in [1.807, 2.05) is 11.0 Å². The van der Waals surface area contributed by atoms with Crippen LogP contribution in [0.2, 0.25) is 0 Å². The summed E-state index contributed by atoms with van der Waals surface area (Å²) in [5.41, 5.74) is 1.76. The molecule has 0 N–H and O–H groups in total. The van der Waals surface area contributed by atoms with Crippen molar-refractivity contribution in [3.63, 3.8) is 0 Å². The topological polar surface area (TPSA) is 62.0 Å². The Bertz CT molecular complexity index is 901. The van der Waals surface area contributed by atoms with Crippen LogP contribution in [-0.2, 0) is 19.0 Å². The van der Waals surface area contributed by atoms with Gasteiger partial charge in [0.25, 0.3) is 0 Å². The van der Waals surface area contributed by atoms with E-state index in [0.29, 0.717) is 24.5 Å². The molecule has 2 aromatic heterocycles. The van der Waals surface area contributed by atoms with E-state index in [-0.39, 0.29) is 11.9 Å². The number of hydrogen-bond donors (Lipinski definition) is 0. The molecule has 0 radical (unpaired) electrons. The molecule has 0 amide bonds. The fourth-order valence-corrected chi connectivity index (χ4v) is 3.46. The van der Waals surface area contributed by atoms with Gasteiger partial charge >= 0.3 is 6.18 Å². The minimum absolute atomic E-state index is 0.140. The van der Waals surface area contributed by atoms with Crippen molar-refractivity contribution in [2.24, 2.45) is 0 Å². The van der Waals surface area contributed by atoms with Gasteiger partial charge in [-0.05, 0) is 43.4 Å². The zero-order chi connectivity index (χ0) is 19.0. The fourth-order valence-electron chi connectivity index (χ4n) is 3.46. The highest BCUT2D eigenvalue weighted by Gasteiger charge is 2.35. The molecule has 140 valence electrons. The summed E-state index contributed by atoms with van der Waals surface area (Å²) in [6.45, 7) is 0.953. The van der Waals surface area contributed by atoms with Gasteiger partial charge in [0, 0.05) is 18.0 Å². The zero-order valence-electron chi connectivity index (χ0n) is 14.5. The van der Waals surface area contributed by atoms with Crippen LogP contribution in [0.3, 0.4) is 0 Å². The number of pyridine rings is 2. The molecule has 4 rings (SSSR count). The number of anilines is 1. The number of alkyl halides is 3. The molecule has 1 aliphatic carbocycles. The lowest BCUT2D eigenvalue weighted by Crippen LogP contribution is -2.54. The number of aryl methyl sites for hydroxylation is 2. The highest BCUT2D eigenvalue weighted by molar-refractivity contribution is 5.58. The average Bonchev–Trinajstić information content (AvgIpc) is 2.63. The third-order valence-corrected chi connectivity index (χ3v) is 4.87.